The number of pyridine rings is 1. The number of nitro groups is 1. The number of aromatic carboxylic acids is 1. The molecule has 0 aliphatic carbocycles. The lowest BCUT2D eigenvalue weighted by Crippen LogP contribution is -2.17. The zero-order valence-electron chi connectivity index (χ0n) is 9.58. The predicted molar refractivity (Wildman–Crippen MR) is 64.4 cm³/mol. The second-order valence-electron chi connectivity index (χ2n) is 3.42. The summed E-state index contributed by atoms with van der Waals surface area (Å²) in [7, 11) is 0. The topological polar surface area (TPSA) is 105 Å². The summed E-state index contributed by atoms with van der Waals surface area (Å²) in [6.07, 6.45) is 6.76. The van der Waals surface area contributed by atoms with Crippen LogP contribution in [0.4, 0.5) is 11.5 Å². The van der Waals surface area contributed by atoms with Gasteiger partial charge in [0, 0.05) is 6.07 Å². The van der Waals surface area contributed by atoms with Crippen LogP contribution in [-0.4, -0.2) is 27.0 Å². The molecule has 0 bridgehead atoms. The van der Waals surface area contributed by atoms with E-state index < -0.39 is 22.1 Å². The molecule has 0 spiro atoms. The van der Waals surface area contributed by atoms with E-state index in [1.165, 1.54) is 0 Å². The maximum Gasteiger partial charge on any atom is 0.342 e. The van der Waals surface area contributed by atoms with Gasteiger partial charge in [-0.05, 0) is 6.42 Å². The predicted octanol–water partition coefficient (Wildman–Crippen LogP) is 1.51. The number of hydrogen-bond donors (Lipinski definition) is 2. The van der Waals surface area contributed by atoms with E-state index in [4.69, 9.17) is 11.5 Å². The fourth-order valence-electron chi connectivity index (χ4n) is 1.28. The highest BCUT2D eigenvalue weighted by atomic mass is 16.6. The molecule has 1 aromatic heterocycles. The summed E-state index contributed by atoms with van der Waals surface area (Å²) in [5, 5.41) is 22.3. The number of nitrogens with one attached hydrogen (secondary N) is 1. The normalized spacial score (nSPS) is 11.3. The van der Waals surface area contributed by atoms with Crippen molar-refractivity contribution in [1.29, 1.82) is 0 Å². The van der Waals surface area contributed by atoms with Crippen molar-refractivity contribution in [3.63, 3.8) is 0 Å². The van der Waals surface area contributed by atoms with Crippen LogP contribution in [0.2, 0.25) is 0 Å². The number of carbonyl (C=O) groups is 1. The van der Waals surface area contributed by atoms with Crippen LogP contribution >= 0.6 is 0 Å². The molecule has 0 aromatic carbocycles. The van der Waals surface area contributed by atoms with Gasteiger partial charge in [0.25, 0.3) is 0 Å². The average molecular weight is 249 g/mol. The molecule has 1 atom stereocenters. The van der Waals surface area contributed by atoms with E-state index in [1.54, 1.807) is 0 Å². The third-order valence-corrected chi connectivity index (χ3v) is 2.24. The van der Waals surface area contributed by atoms with Crippen LogP contribution in [0.5, 0.6) is 0 Å². The highest BCUT2D eigenvalue weighted by molar-refractivity contribution is 5.93. The van der Waals surface area contributed by atoms with Gasteiger partial charge >= 0.3 is 11.7 Å². The first-order valence-corrected chi connectivity index (χ1v) is 5.10. The first-order chi connectivity index (χ1) is 8.49. The first kappa shape index (κ1) is 13.4. The van der Waals surface area contributed by atoms with Crippen molar-refractivity contribution in [2.75, 3.05) is 5.32 Å². The smallest absolute Gasteiger partial charge is 0.342 e. The summed E-state index contributed by atoms with van der Waals surface area (Å²) in [4.78, 5) is 24.5. The minimum atomic E-state index is -1.39. The van der Waals surface area contributed by atoms with Crippen LogP contribution in [0, 0.1) is 22.5 Å². The first-order valence-electron chi connectivity index (χ1n) is 5.10. The molecule has 1 heterocycles. The number of anilines is 1. The molecule has 0 saturated heterocycles. The molecule has 94 valence electrons. The molecule has 1 unspecified atom stereocenters. The van der Waals surface area contributed by atoms with Crippen molar-refractivity contribution in [2.24, 2.45) is 0 Å². The standard InChI is InChI=1S/C11H11N3O4/c1-3-7(4-2)13-10-5-8(11(15)16)9(6-12-10)14(17)18/h1,5-7H,4H2,2H3,(H,12,13)(H,15,16). The minimum Gasteiger partial charge on any atom is -0.477 e. The molecule has 18 heavy (non-hydrogen) atoms. The van der Waals surface area contributed by atoms with Crippen molar-refractivity contribution in [1.82, 2.24) is 4.98 Å². The number of nitrogens with zero attached hydrogens (tertiary/aromatic N) is 2. The van der Waals surface area contributed by atoms with Crippen molar-refractivity contribution >= 4 is 17.5 Å². The Morgan fingerprint density at radius 1 is 1.78 bits per heavy atom. The van der Waals surface area contributed by atoms with E-state index in [2.05, 4.69) is 16.2 Å². The van der Waals surface area contributed by atoms with Crippen LogP contribution in [0.3, 0.4) is 0 Å². The summed E-state index contributed by atoms with van der Waals surface area (Å²) in [5.41, 5.74) is -0.980. The van der Waals surface area contributed by atoms with Gasteiger partial charge in [0.1, 0.15) is 17.6 Å². The van der Waals surface area contributed by atoms with E-state index >= 15 is 0 Å². The molecule has 1 rings (SSSR count). The Bertz CT molecular complexity index is 522. The molecule has 1 aromatic rings. The number of rotatable bonds is 5. The molecular formula is C11H11N3O4. The zero-order chi connectivity index (χ0) is 13.7. The second kappa shape index (κ2) is 5.63. The number of hydrogen-bond acceptors (Lipinski definition) is 5. The van der Waals surface area contributed by atoms with Gasteiger partial charge in [0.15, 0.2) is 0 Å². The Labute approximate surface area is 103 Å². The van der Waals surface area contributed by atoms with Gasteiger partial charge < -0.3 is 10.4 Å². The quantitative estimate of drug-likeness (QED) is 0.465. The molecule has 0 amide bonds. The number of carboxylic acid groups (broad SMARTS) is 1. The molecule has 0 aliphatic rings. The molecule has 7 heteroatoms. The Morgan fingerprint density at radius 2 is 2.44 bits per heavy atom. The second-order valence-corrected chi connectivity index (χ2v) is 3.42. The van der Waals surface area contributed by atoms with Crippen molar-refractivity contribution in [3.05, 3.63) is 27.9 Å². The maximum atomic E-state index is 10.9. The van der Waals surface area contributed by atoms with Gasteiger partial charge in [-0.1, -0.05) is 12.8 Å². The van der Waals surface area contributed by atoms with Crippen LogP contribution in [-0.2, 0) is 0 Å². The number of carboxylic acids is 1. The van der Waals surface area contributed by atoms with Crippen LogP contribution in [0.15, 0.2) is 12.3 Å². The molecular weight excluding hydrogens is 238 g/mol. The molecule has 0 fully saturated rings. The lowest BCUT2D eigenvalue weighted by atomic mass is 10.2. The van der Waals surface area contributed by atoms with E-state index in [-0.39, 0.29) is 11.9 Å². The van der Waals surface area contributed by atoms with Crippen molar-refractivity contribution < 1.29 is 14.8 Å². The van der Waals surface area contributed by atoms with Gasteiger partial charge in [-0.25, -0.2) is 9.78 Å². The maximum absolute atomic E-state index is 10.9. The van der Waals surface area contributed by atoms with E-state index in [9.17, 15) is 14.9 Å². The van der Waals surface area contributed by atoms with Crippen LogP contribution < -0.4 is 5.32 Å². The monoisotopic (exact) mass is 249 g/mol. The van der Waals surface area contributed by atoms with Crippen molar-refractivity contribution in [3.8, 4) is 12.3 Å². The fourth-order valence-corrected chi connectivity index (χ4v) is 1.28. The van der Waals surface area contributed by atoms with E-state index in [0.717, 1.165) is 12.3 Å². The Kier molecular flexibility index (Phi) is 4.21. The van der Waals surface area contributed by atoms with Gasteiger partial charge in [-0.3, -0.25) is 10.1 Å². The molecule has 2 N–H and O–H groups in total. The Hall–Kier alpha value is -2.62. The summed E-state index contributed by atoms with van der Waals surface area (Å²) < 4.78 is 0. The minimum absolute atomic E-state index is 0.197. The molecule has 0 saturated carbocycles. The largest absolute Gasteiger partial charge is 0.477 e. The molecule has 0 radical (unpaired) electrons. The van der Waals surface area contributed by atoms with Gasteiger partial charge in [-0.15, -0.1) is 6.42 Å². The van der Waals surface area contributed by atoms with Crippen molar-refractivity contribution in [2.45, 2.75) is 19.4 Å². The molecule has 7 nitrogen and oxygen atoms in total. The number of aromatic nitrogens is 1. The third kappa shape index (κ3) is 2.95. The van der Waals surface area contributed by atoms with Gasteiger partial charge in [0.05, 0.1) is 11.0 Å². The summed E-state index contributed by atoms with van der Waals surface area (Å²) in [6, 6.07) is 0.793. The number of terminal acetylenes is 1. The molecule has 0 aliphatic heterocycles. The van der Waals surface area contributed by atoms with E-state index in [0.29, 0.717) is 6.42 Å². The highest BCUT2D eigenvalue weighted by Gasteiger charge is 2.21. The average Bonchev–Trinajstić information content (AvgIpc) is 2.35. The lowest BCUT2D eigenvalue weighted by molar-refractivity contribution is -0.385. The zero-order valence-corrected chi connectivity index (χ0v) is 9.58. The summed E-state index contributed by atoms with van der Waals surface area (Å²) >= 11 is 0. The van der Waals surface area contributed by atoms with Gasteiger partial charge in [-0.2, -0.15) is 0 Å². The lowest BCUT2D eigenvalue weighted by Gasteiger charge is -2.11. The van der Waals surface area contributed by atoms with Crippen LogP contribution in [0.25, 0.3) is 0 Å². The summed E-state index contributed by atoms with van der Waals surface area (Å²) in [5.74, 6) is 1.26. The Morgan fingerprint density at radius 3 is 2.89 bits per heavy atom. The SMILES string of the molecule is C#CC(CC)Nc1cc(C(=O)O)c([N+](=O)[O-])cn1. The third-order valence-electron chi connectivity index (χ3n) is 2.24. The van der Waals surface area contributed by atoms with Gasteiger partial charge in [0.2, 0.25) is 0 Å². The van der Waals surface area contributed by atoms with Crippen LogP contribution in [0.1, 0.15) is 23.7 Å². The van der Waals surface area contributed by atoms with E-state index in [1.807, 2.05) is 6.92 Å². The Balaban J connectivity index is 3.12. The summed E-state index contributed by atoms with van der Waals surface area (Å²) in [6.45, 7) is 1.85. The fraction of sp³-hybridized carbons (Fsp3) is 0.273. The highest BCUT2D eigenvalue weighted by Crippen LogP contribution is 2.20.